The lowest BCUT2D eigenvalue weighted by Gasteiger charge is -2.13. The molecule has 2 heterocycles. The third-order valence-electron chi connectivity index (χ3n) is 3.91. The summed E-state index contributed by atoms with van der Waals surface area (Å²) in [6.07, 6.45) is 0.0570. The van der Waals surface area contributed by atoms with E-state index in [4.69, 9.17) is 4.74 Å². The van der Waals surface area contributed by atoms with Gasteiger partial charge in [-0.1, -0.05) is 12.1 Å². The lowest BCUT2D eigenvalue weighted by molar-refractivity contribution is -0.136. The van der Waals surface area contributed by atoms with E-state index in [1.807, 2.05) is 0 Å². The van der Waals surface area contributed by atoms with E-state index in [1.165, 1.54) is 30.6 Å². The molecule has 2 aromatic rings. The van der Waals surface area contributed by atoms with Gasteiger partial charge in [-0.15, -0.1) is 0 Å². The van der Waals surface area contributed by atoms with Crippen LogP contribution in [0.2, 0.25) is 0 Å². The highest BCUT2D eigenvalue weighted by Gasteiger charge is 2.33. The number of para-hydroxylation sites is 1. The average molecular weight is 366 g/mol. The predicted molar refractivity (Wildman–Crippen MR) is 88.9 cm³/mol. The average Bonchev–Trinajstić information content (AvgIpc) is 3.13. The Hall–Kier alpha value is -2.68. The summed E-state index contributed by atoms with van der Waals surface area (Å²) in [4.78, 5) is 20.2. The third kappa shape index (κ3) is 4.48. The molecule has 2 N–H and O–H groups in total. The highest BCUT2D eigenvalue weighted by molar-refractivity contribution is 6.04. The molecule has 9 heteroatoms. The Morgan fingerprint density at radius 1 is 1.23 bits per heavy atom. The maximum atomic E-state index is 13.0. The van der Waals surface area contributed by atoms with Crippen molar-refractivity contribution >= 4 is 17.5 Å². The Morgan fingerprint density at radius 2 is 1.96 bits per heavy atom. The van der Waals surface area contributed by atoms with Gasteiger partial charge >= 0.3 is 6.18 Å². The zero-order valence-electron chi connectivity index (χ0n) is 13.7. The monoisotopic (exact) mass is 366 g/mol. The summed E-state index contributed by atoms with van der Waals surface area (Å²) in [5.74, 6) is -0.389. The molecule has 1 fully saturated rings. The molecule has 1 aliphatic heterocycles. The van der Waals surface area contributed by atoms with Gasteiger partial charge in [0.15, 0.2) is 0 Å². The van der Waals surface area contributed by atoms with Crippen LogP contribution in [0, 0.1) is 0 Å². The van der Waals surface area contributed by atoms with Crippen LogP contribution in [0.3, 0.4) is 0 Å². The SMILES string of the molecule is O=C(Nc1ccccc1C(F)(F)F)c1cnc(NCC2CCCO2)nc1. The van der Waals surface area contributed by atoms with Gasteiger partial charge in [0.1, 0.15) is 0 Å². The first kappa shape index (κ1) is 18.1. The number of carbonyl (C=O) groups is 1. The minimum Gasteiger partial charge on any atom is -0.376 e. The second-order valence-corrected chi connectivity index (χ2v) is 5.81. The zero-order valence-corrected chi connectivity index (χ0v) is 13.7. The summed E-state index contributed by atoms with van der Waals surface area (Å²) >= 11 is 0. The molecule has 0 aliphatic carbocycles. The Morgan fingerprint density at radius 3 is 2.62 bits per heavy atom. The number of nitrogens with one attached hydrogen (secondary N) is 2. The van der Waals surface area contributed by atoms with E-state index in [2.05, 4.69) is 20.6 Å². The summed E-state index contributed by atoms with van der Waals surface area (Å²) in [5.41, 5.74) is -1.17. The van der Waals surface area contributed by atoms with Crippen LogP contribution in [-0.2, 0) is 10.9 Å². The van der Waals surface area contributed by atoms with Crippen molar-refractivity contribution in [1.29, 1.82) is 0 Å². The molecule has 0 spiro atoms. The van der Waals surface area contributed by atoms with Gasteiger partial charge in [0.25, 0.3) is 5.91 Å². The van der Waals surface area contributed by atoms with Crippen molar-refractivity contribution < 1.29 is 22.7 Å². The van der Waals surface area contributed by atoms with Crippen molar-refractivity contribution in [3.8, 4) is 0 Å². The quantitative estimate of drug-likeness (QED) is 0.849. The lowest BCUT2D eigenvalue weighted by atomic mass is 10.1. The lowest BCUT2D eigenvalue weighted by Crippen LogP contribution is -2.20. The second kappa shape index (κ2) is 7.69. The molecule has 26 heavy (non-hydrogen) atoms. The number of hydrogen-bond acceptors (Lipinski definition) is 5. The first-order valence-electron chi connectivity index (χ1n) is 8.08. The first-order chi connectivity index (χ1) is 12.4. The molecule has 1 aromatic heterocycles. The van der Waals surface area contributed by atoms with Crippen molar-refractivity contribution in [1.82, 2.24) is 9.97 Å². The number of alkyl halides is 3. The van der Waals surface area contributed by atoms with Crippen molar-refractivity contribution in [3.63, 3.8) is 0 Å². The van der Waals surface area contributed by atoms with E-state index in [0.717, 1.165) is 25.5 Å². The molecule has 1 unspecified atom stereocenters. The number of rotatable bonds is 5. The van der Waals surface area contributed by atoms with E-state index in [0.29, 0.717) is 12.5 Å². The maximum absolute atomic E-state index is 13.0. The molecule has 138 valence electrons. The summed E-state index contributed by atoms with van der Waals surface area (Å²) < 4.78 is 44.4. The molecular weight excluding hydrogens is 349 g/mol. The molecule has 1 saturated heterocycles. The minimum atomic E-state index is -4.56. The van der Waals surface area contributed by atoms with Gasteiger partial charge in [0, 0.05) is 25.5 Å². The number of hydrogen-bond donors (Lipinski definition) is 2. The van der Waals surface area contributed by atoms with Crippen LogP contribution in [0.15, 0.2) is 36.7 Å². The van der Waals surface area contributed by atoms with Gasteiger partial charge < -0.3 is 15.4 Å². The van der Waals surface area contributed by atoms with Crippen LogP contribution in [0.5, 0.6) is 0 Å². The van der Waals surface area contributed by atoms with Gasteiger partial charge in [-0.3, -0.25) is 4.79 Å². The number of anilines is 2. The van der Waals surface area contributed by atoms with Crippen LogP contribution in [0.25, 0.3) is 0 Å². The molecule has 0 radical (unpaired) electrons. The number of carbonyl (C=O) groups excluding carboxylic acids is 1. The zero-order chi connectivity index (χ0) is 18.6. The van der Waals surface area contributed by atoms with E-state index in [-0.39, 0.29) is 17.4 Å². The van der Waals surface area contributed by atoms with Crippen molar-refractivity contribution in [2.45, 2.75) is 25.1 Å². The number of amides is 1. The molecular formula is C17H17F3N4O2. The van der Waals surface area contributed by atoms with Crippen molar-refractivity contribution in [3.05, 3.63) is 47.8 Å². The summed E-state index contributed by atoms with van der Waals surface area (Å²) in [7, 11) is 0. The van der Waals surface area contributed by atoms with E-state index >= 15 is 0 Å². The summed E-state index contributed by atoms with van der Waals surface area (Å²) in [5, 5.41) is 5.25. The topological polar surface area (TPSA) is 76.1 Å². The van der Waals surface area contributed by atoms with Crippen LogP contribution in [-0.4, -0.2) is 35.1 Å². The van der Waals surface area contributed by atoms with Gasteiger partial charge in [0.2, 0.25) is 5.95 Å². The summed E-state index contributed by atoms with van der Waals surface area (Å²) in [6, 6.07) is 4.78. The fourth-order valence-corrected chi connectivity index (χ4v) is 2.58. The number of halogens is 3. The van der Waals surface area contributed by atoms with Crippen LogP contribution >= 0.6 is 0 Å². The smallest absolute Gasteiger partial charge is 0.376 e. The molecule has 1 aromatic carbocycles. The number of nitrogens with zero attached hydrogens (tertiary/aromatic N) is 2. The van der Waals surface area contributed by atoms with E-state index < -0.39 is 17.6 Å². The predicted octanol–water partition coefficient (Wildman–Crippen LogP) is 3.34. The van der Waals surface area contributed by atoms with Crippen LogP contribution < -0.4 is 10.6 Å². The maximum Gasteiger partial charge on any atom is 0.418 e. The number of benzene rings is 1. The third-order valence-corrected chi connectivity index (χ3v) is 3.91. The minimum absolute atomic E-state index is 0.0599. The van der Waals surface area contributed by atoms with Crippen LogP contribution in [0.4, 0.5) is 24.8 Å². The fraction of sp³-hybridized carbons (Fsp3) is 0.353. The van der Waals surface area contributed by atoms with Gasteiger partial charge in [-0.2, -0.15) is 13.2 Å². The Bertz CT molecular complexity index is 759. The standard InChI is InChI=1S/C17H17F3N4O2/c18-17(19,20)13-5-1-2-6-14(13)24-15(25)11-8-21-16(22-9-11)23-10-12-4-3-7-26-12/h1-2,5-6,8-9,12H,3-4,7,10H2,(H,24,25)(H,21,22,23). The summed E-state index contributed by atoms with van der Waals surface area (Å²) in [6.45, 7) is 1.30. The van der Waals surface area contributed by atoms with Crippen LogP contribution in [0.1, 0.15) is 28.8 Å². The molecule has 1 amide bonds. The normalized spacial score (nSPS) is 17.1. The largest absolute Gasteiger partial charge is 0.418 e. The molecule has 0 saturated carbocycles. The highest BCUT2D eigenvalue weighted by Crippen LogP contribution is 2.34. The van der Waals surface area contributed by atoms with E-state index in [9.17, 15) is 18.0 Å². The van der Waals surface area contributed by atoms with Gasteiger partial charge in [-0.25, -0.2) is 9.97 Å². The first-order valence-corrected chi connectivity index (χ1v) is 8.08. The molecule has 1 aliphatic rings. The Labute approximate surface area is 147 Å². The van der Waals surface area contributed by atoms with Crippen molar-refractivity contribution in [2.24, 2.45) is 0 Å². The Kier molecular flexibility index (Phi) is 5.36. The number of aromatic nitrogens is 2. The van der Waals surface area contributed by atoms with Gasteiger partial charge in [-0.05, 0) is 25.0 Å². The van der Waals surface area contributed by atoms with Crippen molar-refractivity contribution in [2.75, 3.05) is 23.8 Å². The molecule has 3 rings (SSSR count). The van der Waals surface area contributed by atoms with E-state index in [1.54, 1.807) is 0 Å². The fourth-order valence-electron chi connectivity index (χ4n) is 2.58. The Balaban J connectivity index is 1.63. The number of ether oxygens (including phenoxy) is 1. The molecule has 0 bridgehead atoms. The highest BCUT2D eigenvalue weighted by atomic mass is 19.4. The van der Waals surface area contributed by atoms with Gasteiger partial charge in [0.05, 0.1) is 22.9 Å². The molecule has 6 nitrogen and oxygen atoms in total. The second-order valence-electron chi connectivity index (χ2n) is 5.81. The molecule has 1 atom stereocenters.